The van der Waals surface area contributed by atoms with E-state index in [4.69, 9.17) is 34.8 Å². The summed E-state index contributed by atoms with van der Waals surface area (Å²) in [4.78, 5) is 16.9. The number of hydrogen-bond acceptors (Lipinski definition) is 4. The van der Waals surface area contributed by atoms with Crippen LogP contribution in [0.25, 0.3) is 0 Å². The van der Waals surface area contributed by atoms with Crippen LogP contribution in [0.2, 0.25) is 15.1 Å². The second-order valence-corrected chi connectivity index (χ2v) is 8.24. The van der Waals surface area contributed by atoms with Crippen molar-refractivity contribution in [2.75, 3.05) is 0 Å². The number of halogens is 3. The molecular formula is C22H17Cl3N4O. The summed E-state index contributed by atoms with van der Waals surface area (Å²) in [7, 11) is 0. The molecule has 0 saturated carbocycles. The van der Waals surface area contributed by atoms with E-state index < -0.39 is 6.04 Å². The SMILES string of the molecule is O=C(NC(c1ccc(Cl)cc1Cl)C1CC(c2ccc(Cl)cc2)N=N1)c1cccnc1. The van der Waals surface area contributed by atoms with Crippen molar-refractivity contribution in [2.24, 2.45) is 10.2 Å². The summed E-state index contributed by atoms with van der Waals surface area (Å²) >= 11 is 18.5. The van der Waals surface area contributed by atoms with E-state index in [1.807, 2.05) is 30.3 Å². The zero-order valence-electron chi connectivity index (χ0n) is 15.7. The third-order valence-electron chi connectivity index (χ3n) is 4.97. The van der Waals surface area contributed by atoms with E-state index in [-0.39, 0.29) is 18.0 Å². The number of pyridine rings is 1. The lowest BCUT2D eigenvalue weighted by Gasteiger charge is -2.24. The van der Waals surface area contributed by atoms with Crippen LogP contribution in [0.5, 0.6) is 0 Å². The van der Waals surface area contributed by atoms with E-state index in [0.29, 0.717) is 27.1 Å². The monoisotopic (exact) mass is 458 g/mol. The lowest BCUT2D eigenvalue weighted by molar-refractivity contribution is 0.0930. The summed E-state index contributed by atoms with van der Waals surface area (Å²) in [6, 6.07) is 15.3. The van der Waals surface area contributed by atoms with Gasteiger partial charge in [-0.3, -0.25) is 9.78 Å². The molecule has 5 nitrogen and oxygen atoms in total. The Bertz CT molecular complexity index is 1070. The lowest BCUT2D eigenvalue weighted by atomic mass is 9.93. The van der Waals surface area contributed by atoms with E-state index in [2.05, 4.69) is 20.5 Å². The number of nitrogens with one attached hydrogen (secondary N) is 1. The first-order valence-electron chi connectivity index (χ1n) is 9.32. The van der Waals surface area contributed by atoms with E-state index in [1.165, 1.54) is 6.20 Å². The molecule has 0 fully saturated rings. The van der Waals surface area contributed by atoms with E-state index in [9.17, 15) is 4.79 Å². The molecule has 1 N–H and O–H groups in total. The van der Waals surface area contributed by atoms with Crippen LogP contribution in [0.15, 0.2) is 77.2 Å². The van der Waals surface area contributed by atoms with Crippen molar-refractivity contribution >= 4 is 40.7 Å². The largest absolute Gasteiger partial charge is 0.343 e. The van der Waals surface area contributed by atoms with E-state index >= 15 is 0 Å². The molecule has 1 aliphatic heterocycles. The highest BCUT2D eigenvalue weighted by molar-refractivity contribution is 6.35. The third-order valence-corrected chi connectivity index (χ3v) is 5.78. The molecule has 2 aromatic carbocycles. The van der Waals surface area contributed by atoms with Crippen LogP contribution in [0, 0.1) is 0 Å². The van der Waals surface area contributed by atoms with Crippen molar-refractivity contribution < 1.29 is 4.79 Å². The quantitative estimate of drug-likeness (QED) is 0.474. The summed E-state index contributed by atoms with van der Waals surface area (Å²) in [5, 5.41) is 13.6. The average Bonchev–Trinajstić information content (AvgIpc) is 3.23. The van der Waals surface area contributed by atoms with Crippen LogP contribution in [0.4, 0.5) is 0 Å². The van der Waals surface area contributed by atoms with Crippen LogP contribution >= 0.6 is 34.8 Å². The van der Waals surface area contributed by atoms with Crippen LogP contribution < -0.4 is 5.32 Å². The summed E-state index contributed by atoms with van der Waals surface area (Å²) in [5.41, 5.74) is 2.21. The molecule has 30 heavy (non-hydrogen) atoms. The highest BCUT2D eigenvalue weighted by Gasteiger charge is 2.33. The van der Waals surface area contributed by atoms with E-state index in [1.54, 1.807) is 30.5 Å². The Morgan fingerprint density at radius 1 is 1.00 bits per heavy atom. The maximum atomic E-state index is 12.8. The first kappa shape index (κ1) is 20.8. The second-order valence-electron chi connectivity index (χ2n) is 6.96. The van der Waals surface area contributed by atoms with Crippen molar-refractivity contribution in [2.45, 2.75) is 24.5 Å². The third kappa shape index (κ3) is 4.64. The summed E-state index contributed by atoms with van der Waals surface area (Å²) in [5.74, 6) is -0.260. The number of nitrogens with zero attached hydrogens (tertiary/aromatic N) is 3. The summed E-state index contributed by atoms with van der Waals surface area (Å²) in [6.45, 7) is 0. The van der Waals surface area contributed by atoms with Crippen molar-refractivity contribution in [1.82, 2.24) is 10.3 Å². The normalized spacial score (nSPS) is 18.9. The standard InChI is InChI=1S/C22H17Cl3N4O/c23-15-5-3-13(4-6-15)19-11-20(29-28-19)21(17-8-7-16(24)10-18(17)25)27-22(30)14-2-1-9-26-12-14/h1-10,12,19-21H,11H2,(H,27,30). The maximum absolute atomic E-state index is 12.8. The molecule has 0 bridgehead atoms. The number of amides is 1. The van der Waals surface area contributed by atoms with Gasteiger partial charge in [0, 0.05) is 33.9 Å². The number of rotatable bonds is 5. The van der Waals surface area contributed by atoms with Crippen molar-refractivity contribution in [3.8, 4) is 0 Å². The molecule has 0 saturated heterocycles. The molecule has 152 valence electrons. The van der Waals surface area contributed by atoms with Gasteiger partial charge in [-0.05, 0) is 47.5 Å². The number of benzene rings is 2. The predicted octanol–water partition coefficient (Wildman–Crippen LogP) is 6.48. The fourth-order valence-electron chi connectivity index (χ4n) is 3.44. The Morgan fingerprint density at radius 3 is 2.47 bits per heavy atom. The first-order chi connectivity index (χ1) is 14.5. The molecule has 1 amide bonds. The van der Waals surface area contributed by atoms with Crippen LogP contribution in [0.1, 0.15) is 40.0 Å². The Kier molecular flexibility index (Phi) is 6.32. The number of azo groups is 1. The molecule has 0 spiro atoms. The van der Waals surface area contributed by atoms with Crippen molar-refractivity contribution in [3.05, 3.63) is 98.7 Å². The smallest absolute Gasteiger partial charge is 0.253 e. The zero-order chi connectivity index (χ0) is 21.1. The van der Waals surface area contributed by atoms with Crippen LogP contribution in [-0.2, 0) is 0 Å². The summed E-state index contributed by atoms with van der Waals surface area (Å²) in [6.07, 6.45) is 3.76. The predicted molar refractivity (Wildman–Crippen MR) is 118 cm³/mol. The van der Waals surface area contributed by atoms with Crippen molar-refractivity contribution in [3.63, 3.8) is 0 Å². The van der Waals surface area contributed by atoms with Gasteiger partial charge in [-0.1, -0.05) is 53.0 Å². The van der Waals surface area contributed by atoms with Crippen LogP contribution in [-0.4, -0.2) is 16.9 Å². The molecule has 0 aliphatic carbocycles. The first-order valence-corrected chi connectivity index (χ1v) is 10.5. The molecule has 3 atom stereocenters. The molecule has 2 heterocycles. The molecular weight excluding hydrogens is 443 g/mol. The summed E-state index contributed by atoms with van der Waals surface area (Å²) < 4.78 is 0. The van der Waals surface area contributed by atoms with Gasteiger partial charge in [0.15, 0.2) is 0 Å². The molecule has 4 rings (SSSR count). The van der Waals surface area contributed by atoms with Gasteiger partial charge in [0.2, 0.25) is 0 Å². The van der Waals surface area contributed by atoms with Gasteiger partial charge in [-0.15, -0.1) is 0 Å². The number of carbonyl (C=O) groups excluding carboxylic acids is 1. The molecule has 8 heteroatoms. The minimum atomic E-state index is -0.469. The van der Waals surface area contributed by atoms with Gasteiger partial charge < -0.3 is 5.32 Å². The van der Waals surface area contributed by atoms with Gasteiger partial charge in [-0.2, -0.15) is 10.2 Å². The van der Waals surface area contributed by atoms with Crippen LogP contribution in [0.3, 0.4) is 0 Å². The molecule has 3 aromatic rings. The highest BCUT2D eigenvalue weighted by Crippen LogP contribution is 2.38. The number of hydrogen-bond donors (Lipinski definition) is 1. The van der Waals surface area contributed by atoms with Gasteiger partial charge in [0.1, 0.15) is 0 Å². The highest BCUT2D eigenvalue weighted by atomic mass is 35.5. The Morgan fingerprint density at radius 2 is 1.77 bits per heavy atom. The fraction of sp³-hybridized carbons (Fsp3) is 0.182. The van der Waals surface area contributed by atoms with E-state index in [0.717, 1.165) is 11.1 Å². The number of carbonyl (C=O) groups is 1. The van der Waals surface area contributed by atoms with Crippen molar-refractivity contribution in [1.29, 1.82) is 0 Å². The lowest BCUT2D eigenvalue weighted by Crippen LogP contribution is -2.35. The molecule has 1 aliphatic rings. The van der Waals surface area contributed by atoms with Gasteiger partial charge in [-0.25, -0.2) is 0 Å². The topological polar surface area (TPSA) is 66.7 Å². The average molecular weight is 460 g/mol. The molecule has 1 aromatic heterocycles. The fourth-order valence-corrected chi connectivity index (χ4v) is 4.09. The zero-order valence-corrected chi connectivity index (χ0v) is 17.9. The Hall–Kier alpha value is -2.47. The Labute approximate surface area is 189 Å². The molecule has 3 unspecified atom stereocenters. The van der Waals surface area contributed by atoms with Gasteiger partial charge >= 0.3 is 0 Å². The minimum Gasteiger partial charge on any atom is -0.343 e. The minimum absolute atomic E-state index is 0.115. The second kappa shape index (κ2) is 9.13. The Balaban J connectivity index is 1.61. The molecule has 0 radical (unpaired) electrons. The van der Waals surface area contributed by atoms with Gasteiger partial charge in [0.05, 0.1) is 23.7 Å². The van der Waals surface area contributed by atoms with Gasteiger partial charge in [0.25, 0.3) is 5.91 Å². The maximum Gasteiger partial charge on any atom is 0.253 e. The number of aromatic nitrogens is 1.